The quantitative estimate of drug-likeness (QED) is 0.0264. The van der Waals surface area contributed by atoms with E-state index in [-0.39, 0.29) is 32.6 Å². The standard InChI is InChI=1S/C63H96NO8P/c1-3-5-7-9-11-13-15-17-19-21-23-24-25-26-27-28-29-30-31-32-33-34-35-36-38-40-42-44-46-48-50-52-54-56-63(66)72-61(60-71-73(67,68)70-58-57-64)59-69-62(65)55-53-51-49-47-45-43-41-39-37-22-20-18-16-14-12-10-8-6-4-2/h5-8,11-14,17-20,23-24,26-27,29-30,32-33,35-37,39-40,42-43,45-46,48,61H,3-4,9-10,15-16,21-22,25,28,31,34,38,41,44,47,49-60,64H2,1-2H3,(H,67,68)/b7-5-,8-6-,13-11-,14-12-,19-17-,20-18-,24-23-,27-26-,30-29-,33-32-,36-35-,39-37-,42-40-,45-43-,48-46-. The molecule has 0 aromatic carbocycles. The van der Waals surface area contributed by atoms with E-state index in [1.165, 1.54) is 0 Å². The highest BCUT2D eigenvalue weighted by atomic mass is 31.2. The van der Waals surface area contributed by atoms with Crippen LogP contribution in [-0.4, -0.2) is 49.3 Å². The zero-order valence-corrected chi connectivity index (χ0v) is 45.9. The lowest BCUT2D eigenvalue weighted by Gasteiger charge is -2.19. The summed E-state index contributed by atoms with van der Waals surface area (Å²) in [5.74, 6) is -0.937. The molecule has 0 saturated carbocycles. The Bertz CT molecular complexity index is 1840. The molecular weight excluding hydrogens is 930 g/mol. The molecule has 0 rings (SSSR count). The predicted molar refractivity (Wildman–Crippen MR) is 311 cm³/mol. The summed E-state index contributed by atoms with van der Waals surface area (Å²) in [6, 6.07) is 0. The van der Waals surface area contributed by atoms with E-state index in [0.29, 0.717) is 12.8 Å². The number of hydrogen-bond acceptors (Lipinski definition) is 8. The van der Waals surface area contributed by atoms with Crippen LogP contribution in [0.1, 0.15) is 168 Å². The van der Waals surface area contributed by atoms with Crippen LogP contribution < -0.4 is 5.73 Å². The fourth-order valence-corrected chi connectivity index (χ4v) is 7.10. The van der Waals surface area contributed by atoms with Crippen molar-refractivity contribution in [3.8, 4) is 0 Å². The predicted octanol–water partition coefficient (Wildman–Crippen LogP) is 17.3. The van der Waals surface area contributed by atoms with Crippen LogP contribution in [0.15, 0.2) is 182 Å². The molecule has 0 aromatic rings. The van der Waals surface area contributed by atoms with Crippen LogP contribution in [0.25, 0.3) is 0 Å². The molecule has 0 aliphatic rings. The van der Waals surface area contributed by atoms with Gasteiger partial charge in [-0.1, -0.05) is 203 Å². The number of unbranched alkanes of at least 4 members (excludes halogenated alkanes) is 5. The first-order valence-electron chi connectivity index (χ1n) is 27.3. The van der Waals surface area contributed by atoms with Gasteiger partial charge in [-0.05, 0) is 135 Å². The number of esters is 2. The van der Waals surface area contributed by atoms with Crippen molar-refractivity contribution in [3.05, 3.63) is 182 Å². The maximum Gasteiger partial charge on any atom is 0.472 e. The second kappa shape index (κ2) is 56.4. The smallest absolute Gasteiger partial charge is 0.462 e. The molecule has 0 aromatic heterocycles. The van der Waals surface area contributed by atoms with E-state index < -0.39 is 32.5 Å². The van der Waals surface area contributed by atoms with Crippen LogP contribution in [0.3, 0.4) is 0 Å². The summed E-state index contributed by atoms with van der Waals surface area (Å²) in [6.45, 7) is 3.38. The monoisotopic (exact) mass is 1030 g/mol. The van der Waals surface area contributed by atoms with E-state index in [0.717, 1.165) is 128 Å². The molecule has 9 nitrogen and oxygen atoms in total. The molecule has 0 radical (unpaired) electrons. The maximum atomic E-state index is 12.7. The Kier molecular flexibility index (Phi) is 52.6. The number of carbonyl (C=O) groups is 2. The first-order valence-corrected chi connectivity index (χ1v) is 28.8. The van der Waals surface area contributed by atoms with Gasteiger partial charge in [0.25, 0.3) is 0 Å². The Morgan fingerprint density at radius 2 is 0.712 bits per heavy atom. The number of phosphoric ester groups is 1. The van der Waals surface area contributed by atoms with Gasteiger partial charge >= 0.3 is 19.8 Å². The number of carbonyl (C=O) groups excluding carboxylic acids is 2. The number of hydrogen-bond donors (Lipinski definition) is 2. The van der Waals surface area contributed by atoms with Gasteiger partial charge in [-0.25, -0.2) is 4.57 Å². The van der Waals surface area contributed by atoms with Gasteiger partial charge in [0.1, 0.15) is 6.61 Å². The summed E-state index contributed by atoms with van der Waals surface area (Å²) in [5, 5.41) is 0. The number of nitrogens with two attached hydrogens (primary N) is 1. The lowest BCUT2D eigenvalue weighted by Crippen LogP contribution is -2.29. The summed E-state index contributed by atoms with van der Waals surface area (Å²) in [5.41, 5.74) is 5.36. The minimum atomic E-state index is -4.42. The van der Waals surface area contributed by atoms with Crippen molar-refractivity contribution in [1.82, 2.24) is 0 Å². The Labute approximate surface area is 443 Å². The molecule has 2 atom stereocenters. The van der Waals surface area contributed by atoms with Crippen LogP contribution in [0.2, 0.25) is 0 Å². The van der Waals surface area contributed by atoms with E-state index in [1.807, 2.05) is 0 Å². The van der Waals surface area contributed by atoms with Crippen molar-refractivity contribution in [2.45, 2.75) is 174 Å². The summed E-state index contributed by atoms with van der Waals surface area (Å²) < 4.78 is 32.9. The largest absolute Gasteiger partial charge is 0.472 e. The van der Waals surface area contributed by atoms with Crippen molar-refractivity contribution in [1.29, 1.82) is 0 Å². The number of phosphoric acid groups is 1. The topological polar surface area (TPSA) is 134 Å². The SMILES string of the molecule is CC/C=C\C/C=C\C/C=C\C/C=C\C/C=C\C/C=C\C/C=C\C/C=C\C/C=C\C/C=C\CCCCC(=O)OC(COC(=O)CCCCC/C=C\C/C=C\C/C=C\C/C=C\C/C=C\CC)COP(=O)(O)OCCN. The minimum absolute atomic E-state index is 0.0298. The van der Waals surface area contributed by atoms with E-state index in [1.54, 1.807) is 0 Å². The first-order chi connectivity index (χ1) is 35.8. The molecule has 2 unspecified atom stereocenters. The Morgan fingerprint density at radius 1 is 0.411 bits per heavy atom. The van der Waals surface area contributed by atoms with Gasteiger partial charge in [0, 0.05) is 19.4 Å². The fourth-order valence-electron chi connectivity index (χ4n) is 6.33. The Balaban J connectivity index is 4.23. The Hall–Kier alpha value is -4.89. The third-order valence-electron chi connectivity index (χ3n) is 10.3. The van der Waals surface area contributed by atoms with Gasteiger partial charge in [-0.2, -0.15) is 0 Å². The van der Waals surface area contributed by atoms with Crippen molar-refractivity contribution in [2.24, 2.45) is 5.73 Å². The van der Waals surface area contributed by atoms with Crippen molar-refractivity contribution in [2.75, 3.05) is 26.4 Å². The van der Waals surface area contributed by atoms with Crippen LogP contribution in [0, 0.1) is 0 Å². The number of ether oxygens (including phenoxy) is 2. The second-order valence-electron chi connectivity index (χ2n) is 17.0. The van der Waals surface area contributed by atoms with Gasteiger partial charge in [0.2, 0.25) is 0 Å². The zero-order valence-electron chi connectivity index (χ0n) is 45.0. The molecule has 0 saturated heterocycles. The van der Waals surface area contributed by atoms with Crippen molar-refractivity contribution >= 4 is 19.8 Å². The van der Waals surface area contributed by atoms with Gasteiger partial charge in [-0.15, -0.1) is 0 Å². The van der Waals surface area contributed by atoms with Gasteiger partial charge in [-0.3, -0.25) is 18.6 Å². The highest BCUT2D eigenvalue weighted by molar-refractivity contribution is 7.47. The number of allylic oxidation sites excluding steroid dienone is 30. The molecule has 0 amide bonds. The lowest BCUT2D eigenvalue weighted by molar-refractivity contribution is -0.161. The molecular formula is C63H96NO8P. The normalized spacial score (nSPS) is 14.5. The molecule has 406 valence electrons. The molecule has 3 N–H and O–H groups in total. The first kappa shape index (κ1) is 68.1. The van der Waals surface area contributed by atoms with E-state index in [9.17, 15) is 19.0 Å². The molecule has 0 aliphatic carbocycles. The summed E-state index contributed by atoms with van der Waals surface area (Å²) in [4.78, 5) is 35.1. The molecule has 0 fully saturated rings. The van der Waals surface area contributed by atoms with E-state index in [4.69, 9.17) is 24.3 Å². The lowest BCUT2D eigenvalue weighted by atomic mass is 10.1. The van der Waals surface area contributed by atoms with Gasteiger partial charge < -0.3 is 20.1 Å². The van der Waals surface area contributed by atoms with Crippen molar-refractivity contribution < 1.29 is 37.6 Å². The van der Waals surface area contributed by atoms with E-state index >= 15 is 0 Å². The third kappa shape index (κ3) is 56.3. The molecule has 10 heteroatoms. The summed E-state index contributed by atoms with van der Waals surface area (Å²) >= 11 is 0. The highest BCUT2D eigenvalue weighted by Gasteiger charge is 2.26. The zero-order chi connectivity index (χ0) is 53.1. The van der Waals surface area contributed by atoms with Gasteiger partial charge in [0.15, 0.2) is 6.10 Å². The average Bonchev–Trinajstić information content (AvgIpc) is 3.38. The molecule has 0 spiro atoms. The van der Waals surface area contributed by atoms with Crippen LogP contribution >= 0.6 is 7.82 Å². The molecule has 73 heavy (non-hydrogen) atoms. The van der Waals surface area contributed by atoms with Crippen LogP contribution in [0.5, 0.6) is 0 Å². The summed E-state index contributed by atoms with van der Waals surface area (Å²) in [7, 11) is -4.42. The Morgan fingerprint density at radius 3 is 1.05 bits per heavy atom. The fraction of sp³-hybridized carbons (Fsp3) is 0.492. The van der Waals surface area contributed by atoms with Crippen molar-refractivity contribution in [3.63, 3.8) is 0 Å². The minimum Gasteiger partial charge on any atom is -0.462 e. The second-order valence-corrected chi connectivity index (χ2v) is 18.4. The highest BCUT2D eigenvalue weighted by Crippen LogP contribution is 2.43. The maximum absolute atomic E-state index is 12.7. The average molecular weight is 1030 g/mol. The molecule has 0 bridgehead atoms. The number of rotatable bonds is 48. The van der Waals surface area contributed by atoms with Crippen LogP contribution in [0.4, 0.5) is 0 Å². The summed E-state index contributed by atoms with van der Waals surface area (Å²) in [6.07, 6.45) is 85.1. The van der Waals surface area contributed by atoms with Crippen LogP contribution in [-0.2, 0) is 32.7 Å². The molecule has 0 heterocycles. The van der Waals surface area contributed by atoms with Gasteiger partial charge in [0.05, 0.1) is 13.2 Å². The third-order valence-corrected chi connectivity index (χ3v) is 11.3. The van der Waals surface area contributed by atoms with E-state index in [2.05, 4.69) is 196 Å². The molecule has 0 aliphatic heterocycles.